The van der Waals surface area contributed by atoms with Crippen LogP contribution in [0.25, 0.3) is 0 Å². The van der Waals surface area contributed by atoms with E-state index in [9.17, 15) is 4.79 Å². The van der Waals surface area contributed by atoms with Crippen LogP contribution in [-0.4, -0.2) is 36.5 Å². The fourth-order valence-electron chi connectivity index (χ4n) is 1.76. The Morgan fingerprint density at radius 3 is 2.88 bits per heavy atom. The minimum absolute atomic E-state index is 0.0772. The highest BCUT2D eigenvalue weighted by Crippen LogP contribution is 2.25. The molecule has 16 heavy (non-hydrogen) atoms. The summed E-state index contributed by atoms with van der Waals surface area (Å²) >= 11 is 7.41. The van der Waals surface area contributed by atoms with Gasteiger partial charge in [0.2, 0.25) is 0 Å². The Hall–Kier alpha value is -0.580. The zero-order valence-electron chi connectivity index (χ0n) is 9.20. The van der Waals surface area contributed by atoms with Crippen LogP contribution < -0.4 is 5.32 Å². The van der Waals surface area contributed by atoms with Crippen molar-refractivity contribution < 1.29 is 4.79 Å². The monoisotopic (exact) mass is 258 g/mol. The maximum absolute atomic E-state index is 12.3. The van der Waals surface area contributed by atoms with Crippen molar-refractivity contribution in [3.63, 3.8) is 0 Å². The van der Waals surface area contributed by atoms with Gasteiger partial charge in [-0.2, -0.15) is 0 Å². The van der Waals surface area contributed by atoms with Gasteiger partial charge < -0.3 is 10.2 Å². The molecule has 0 atom stereocenters. The quantitative estimate of drug-likeness (QED) is 0.898. The van der Waals surface area contributed by atoms with Crippen molar-refractivity contribution in [1.82, 2.24) is 10.2 Å². The first kappa shape index (κ1) is 11.9. The lowest BCUT2D eigenvalue weighted by molar-refractivity contribution is 0.0621. The van der Waals surface area contributed by atoms with Gasteiger partial charge in [0, 0.05) is 19.6 Å². The van der Waals surface area contributed by atoms with E-state index in [1.165, 1.54) is 11.3 Å². The van der Waals surface area contributed by atoms with E-state index in [1.54, 1.807) is 6.07 Å². The first-order valence-corrected chi connectivity index (χ1v) is 6.74. The molecule has 3 nitrogen and oxygen atoms in total. The number of carbonyl (C=O) groups excluding carboxylic acids is 1. The van der Waals surface area contributed by atoms with Crippen molar-refractivity contribution in [2.24, 2.45) is 0 Å². The summed E-state index contributed by atoms with van der Waals surface area (Å²) in [5.41, 5.74) is 0. The van der Waals surface area contributed by atoms with Crippen molar-refractivity contribution in [2.75, 3.05) is 19.6 Å². The molecule has 1 aliphatic rings. The maximum atomic E-state index is 12.3. The normalized spacial score (nSPS) is 15.9. The molecule has 0 saturated carbocycles. The van der Waals surface area contributed by atoms with Crippen LogP contribution in [0.15, 0.2) is 11.4 Å². The summed E-state index contributed by atoms with van der Waals surface area (Å²) < 4.78 is 0. The second-order valence-corrected chi connectivity index (χ2v) is 5.23. The molecular formula is C11H15ClN2OS. The first-order valence-electron chi connectivity index (χ1n) is 5.48. The second kappa shape index (κ2) is 5.17. The fourth-order valence-corrected chi connectivity index (χ4v) is 2.85. The molecule has 2 heterocycles. The summed E-state index contributed by atoms with van der Waals surface area (Å²) in [5, 5.41) is 5.62. The minimum atomic E-state index is 0.0772. The molecule has 1 aromatic heterocycles. The average Bonchev–Trinajstić information content (AvgIpc) is 2.60. The topological polar surface area (TPSA) is 32.3 Å². The van der Waals surface area contributed by atoms with Crippen LogP contribution in [0.1, 0.15) is 23.0 Å². The Balaban J connectivity index is 2.13. The number of nitrogens with one attached hydrogen (secondary N) is 1. The van der Waals surface area contributed by atoms with Gasteiger partial charge in [-0.1, -0.05) is 18.5 Å². The SMILES string of the molecule is CCCN(C(=O)c1sccc1Cl)C1CNC1. The molecule has 88 valence electrons. The van der Waals surface area contributed by atoms with Crippen LogP contribution in [0.2, 0.25) is 5.02 Å². The molecule has 2 rings (SSSR count). The molecule has 0 bridgehead atoms. The van der Waals surface area contributed by atoms with Gasteiger partial charge in [0.05, 0.1) is 11.1 Å². The molecule has 1 fully saturated rings. The number of thiophene rings is 1. The summed E-state index contributed by atoms with van der Waals surface area (Å²) in [4.78, 5) is 14.9. The second-order valence-electron chi connectivity index (χ2n) is 3.91. The zero-order chi connectivity index (χ0) is 11.5. The molecule has 0 unspecified atom stereocenters. The standard InChI is InChI=1S/C11H15ClN2OS/c1-2-4-14(8-6-13-7-8)11(15)10-9(12)3-5-16-10/h3,5,8,13H,2,4,6-7H2,1H3. The maximum Gasteiger partial charge on any atom is 0.265 e. The highest BCUT2D eigenvalue weighted by molar-refractivity contribution is 7.12. The van der Waals surface area contributed by atoms with Gasteiger partial charge in [0.1, 0.15) is 4.88 Å². The van der Waals surface area contributed by atoms with E-state index in [2.05, 4.69) is 12.2 Å². The molecule has 1 saturated heterocycles. The first-order chi connectivity index (χ1) is 7.74. The largest absolute Gasteiger partial charge is 0.332 e. The molecule has 5 heteroatoms. The van der Waals surface area contributed by atoms with Gasteiger partial charge in [-0.05, 0) is 17.9 Å². The van der Waals surface area contributed by atoms with Crippen LogP contribution in [0.5, 0.6) is 0 Å². The third kappa shape index (κ3) is 2.24. The summed E-state index contributed by atoms with van der Waals surface area (Å²) in [6, 6.07) is 2.12. The Morgan fingerprint density at radius 2 is 2.44 bits per heavy atom. The number of hydrogen-bond donors (Lipinski definition) is 1. The number of nitrogens with zero attached hydrogens (tertiary/aromatic N) is 1. The Morgan fingerprint density at radius 1 is 1.69 bits per heavy atom. The Bertz CT molecular complexity index is 376. The van der Waals surface area contributed by atoms with E-state index in [0.29, 0.717) is 15.9 Å². The van der Waals surface area contributed by atoms with Gasteiger partial charge in [0.15, 0.2) is 0 Å². The number of halogens is 1. The van der Waals surface area contributed by atoms with Crippen molar-refractivity contribution >= 4 is 28.8 Å². The number of rotatable bonds is 4. The van der Waals surface area contributed by atoms with Crippen molar-refractivity contribution in [1.29, 1.82) is 0 Å². The van der Waals surface area contributed by atoms with E-state index in [4.69, 9.17) is 11.6 Å². The van der Waals surface area contributed by atoms with E-state index in [-0.39, 0.29) is 5.91 Å². The fraction of sp³-hybridized carbons (Fsp3) is 0.545. The van der Waals surface area contributed by atoms with Gasteiger partial charge in [-0.15, -0.1) is 11.3 Å². The van der Waals surface area contributed by atoms with E-state index in [0.717, 1.165) is 26.1 Å². The van der Waals surface area contributed by atoms with Crippen molar-refractivity contribution in [3.8, 4) is 0 Å². The van der Waals surface area contributed by atoms with Crippen molar-refractivity contribution in [3.05, 3.63) is 21.3 Å². The summed E-state index contributed by atoms with van der Waals surface area (Å²) in [5.74, 6) is 0.0772. The van der Waals surface area contributed by atoms with Gasteiger partial charge in [0.25, 0.3) is 5.91 Å². The van der Waals surface area contributed by atoms with Gasteiger partial charge in [-0.3, -0.25) is 4.79 Å². The van der Waals surface area contributed by atoms with Crippen LogP contribution in [0.4, 0.5) is 0 Å². The van der Waals surface area contributed by atoms with Crippen LogP contribution in [-0.2, 0) is 0 Å². The molecule has 0 aromatic carbocycles. The Labute approximate surface area is 104 Å². The molecule has 0 spiro atoms. The number of amides is 1. The molecule has 0 aliphatic carbocycles. The molecule has 1 N–H and O–H groups in total. The van der Waals surface area contributed by atoms with E-state index < -0.39 is 0 Å². The minimum Gasteiger partial charge on any atom is -0.332 e. The third-order valence-corrected chi connectivity index (χ3v) is 4.07. The van der Waals surface area contributed by atoms with Crippen LogP contribution >= 0.6 is 22.9 Å². The van der Waals surface area contributed by atoms with E-state index >= 15 is 0 Å². The van der Waals surface area contributed by atoms with Crippen molar-refractivity contribution in [2.45, 2.75) is 19.4 Å². The number of carbonyl (C=O) groups is 1. The number of hydrogen-bond acceptors (Lipinski definition) is 3. The lowest BCUT2D eigenvalue weighted by atomic mass is 10.1. The zero-order valence-corrected chi connectivity index (χ0v) is 10.8. The predicted octanol–water partition coefficient (Wildman–Crippen LogP) is 2.23. The summed E-state index contributed by atoms with van der Waals surface area (Å²) in [7, 11) is 0. The molecule has 1 aromatic rings. The van der Waals surface area contributed by atoms with Crippen LogP contribution in [0.3, 0.4) is 0 Å². The smallest absolute Gasteiger partial charge is 0.265 e. The third-order valence-electron chi connectivity index (χ3n) is 2.74. The summed E-state index contributed by atoms with van der Waals surface area (Å²) in [6.07, 6.45) is 0.977. The van der Waals surface area contributed by atoms with Gasteiger partial charge >= 0.3 is 0 Å². The molecule has 0 radical (unpaired) electrons. The van der Waals surface area contributed by atoms with Gasteiger partial charge in [-0.25, -0.2) is 0 Å². The molecule has 1 amide bonds. The summed E-state index contributed by atoms with van der Waals surface area (Å²) in [6.45, 7) is 4.69. The van der Waals surface area contributed by atoms with Crippen LogP contribution in [0, 0.1) is 0 Å². The molecule has 1 aliphatic heterocycles. The highest BCUT2D eigenvalue weighted by Gasteiger charge is 2.29. The molecular weight excluding hydrogens is 244 g/mol. The average molecular weight is 259 g/mol. The van der Waals surface area contributed by atoms with E-state index in [1.807, 2.05) is 10.3 Å². The Kier molecular flexibility index (Phi) is 3.84. The predicted molar refractivity (Wildman–Crippen MR) is 67.3 cm³/mol. The lowest BCUT2D eigenvalue weighted by Gasteiger charge is -2.38. The highest BCUT2D eigenvalue weighted by atomic mass is 35.5. The lowest BCUT2D eigenvalue weighted by Crippen LogP contribution is -2.59.